The molecule has 0 unspecified atom stereocenters. The lowest BCUT2D eigenvalue weighted by molar-refractivity contribution is -0.136. The average molecular weight is 174 g/mol. The normalized spacial score (nSPS) is 12.9. The Morgan fingerprint density at radius 1 is 1.46 bits per heavy atom. The minimum atomic E-state index is -0.764. The number of allylic oxidation sites excluding steroid dienone is 1. The number of rotatable bonds is 2. The van der Waals surface area contributed by atoms with E-state index in [0.29, 0.717) is 0 Å². The molecule has 13 heavy (non-hydrogen) atoms. The lowest BCUT2D eigenvalue weighted by Gasteiger charge is -2.04. The van der Waals surface area contributed by atoms with Gasteiger partial charge in [-0.05, 0) is 23.1 Å². The predicted octanol–water partition coefficient (Wildman–Crippen LogP) is 1.88. The van der Waals surface area contributed by atoms with Crippen LogP contribution >= 0.6 is 0 Å². The lowest BCUT2D eigenvalue weighted by Crippen LogP contribution is -2.03. The van der Waals surface area contributed by atoms with E-state index in [1.807, 2.05) is 24.3 Å². The summed E-state index contributed by atoms with van der Waals surface area (Å²) in [4.78, 5) is 10.5. The van der Waals surface area contributed by atoms with Crippen molar-refractivity contribution >= 4 is 12.0 Å². The second-order valence-corrected chi connectivity index (χ2v) is 3.16. The third kappa shape index (κ3) is 1.47. The minimum absolute atomic E-state index is 0.130. The van der Waals surface area contributed by atoms with E-state index in [0.717, 1.165) is 12.0 Å². The maximum Gasteiger partial charge on any atom is 0.307 e. The molecular weight excluding hydrogens is 164 g/mol. The standard InChI is InChI=1S/C11H10O2/c12-11(13)7-9-5-1-3-8-4-2-6-10(8)9/h1-5H,6-7H2,(H,12,13). The summed E-state index contributed by atoms with van der Waals surface area (Å²) in [5.74, 6) is -0.764. The third-order valence-electron chi connectivity index (χ3n) is 2.27. The first-order valence-corrected chi connectivity index (χ1v) is 4.26. The Balaban J connectivity index is 2.38. The molecule has 0 bridgehead atoms. The Bertz CT molecular complexity index is 378. The van der Waals surface area contributed by atoms with Gasteiger partial charge in [0.1, 0.15) is 0 Å². The highest BCUT2D eigenvalue weighted by atomic mass is 16.4. The van der Waals surface area contributed by atoms with Crippen molar-refractivity contribution in [2.45, 2.75) is 12.8 Å². The summed E-state index contributed by atoms with van der Waals surface area (Å²) in [5, 5.41) is 8.68. The van der Waals surface area contributed by atoms with Crippen molar-refractivity contribution in [2.24, 2.45) is 0 Å². The molecule has 0 radical (unpaired) electrons. The molecule has 1 aromatic rings. The maximum atomic E-state index is 10.5. The van der Waals surface area contributed by atoms with E-state index in [9.17, 15) is 4.79 Å². The fourth-order valence-corrected chi connectivity index (χ4v) is 1.69. The van der Waals surface area contributed by atoms with E-state index < -0.39 is 5.97 Å². The van der Waals surface area contributed by atoms with Gasteiger partial charge in [0.25, 0.3) is 0 Å². The molecule has 2 heteroatoms. The molecule has 0 atom stereocenters. The van der Waals surface area contributed by atoms with Crippen molar-refractivity contribution in [1.29, 1.82) is 0 Å². The number of hydrogen-bond acceptors (Lipinski definition) is 1. The molecule has 1 aliphatic carbocycles. The molecule has 1 N–H and O–H groups in total. The van der Waals surface area contributed by atoms with Gasteiger partial charge in [-0.15, -0.1) is 0 Å². The molecule has 0 aromatic heterocycles. The molecule has 0 aliphatic heterocycles. The first kappa shape index (κ1) is 8.05. The molecule has 0 saturated heterocycles. The van der Waals surface area contributed by atoms with Crippen molar-refractivity contribution in [1.82, 2.24) is 0 Å². The monoisotopic (exact) mass is 174 g/mol. The maximum absolute atomic E-state index is 10.5. The molecular formula is C11H10O2. The quantitative estimate of drug-likeness (QED) is 0.743. The molecule has 66 valence electrons. The number of carbonyl (C=O) groups is 1. The number of fused-ring (bicyclic) bond motifs is 1. The second-order valence-electron chi connectivity index (χ2n) is 3.16. The minimum Gasteiger partial charge on any atom is -0.481 e. The van der Waals surface area contributed by atoms with Gasteiger partial charge >= 0.3 is 5.97 Å². The Morgan fingerprint density at radius 2 is 2.31 bits per heavy atom. The smallest absolute Gasteiger partial charge is 0.307 e. The van der Waals surface area contributed by atoms with Crippen molar-refractivity contribution in [3.8, 4) is 0 Å². The fraction of sp³-hybridized carbons (Fsp3) is 0.182. The van der Waals surface area contributed by atoms with E-state index in [1.54, 1.807) is 0 Å². The number of aliphatic carboxylic acids is 1. The van der Waals surface area contributed by atoms with Gasteiger partial charge in [-0.25, -0.2) is 0 Å². The molecule has 2 rings (SSSR count). The van der Waals surface area contributed by atoms with Crippen molar-refractivity contribution in [2.75, 3.05) is 0 Å². The molecule has 0 amide bonds. The van der Waals surface area contributed by atoms with Crippen LogP contribution in [0.25, 0.3) is 6.08 Å². The zero-order valence-corrected chi connectivity index (χ0v) is 7.16. The first-order chi connectivity index (χ1) is 6.27. The molecule has 0 saturated carbocycles. The lowest BCUT2D eigenvalue weighted by atomic mass is 10.0. The summed E-state index contributed by atoms with van der Waals surface area (Å²) >= 11 is 0. The summed E-state index contributed by atoms with van der Waals surface area (Å²) in [6.07, 6.45) is 5.11. The van der Waals surface area contributed by atoms with Gasteiger partial charge in [-0.3, -0.25) is 4.79 Å². The van der Waals surface area contributed by atoms with Crippen LogP contribution in [0.3, 0.4) is 0 Å². The van der Waals surface area contributed by atoms with Crippen LogP contribution in [0.2, 0.25) is 0 Å². The van der Waals surface area contributed by atoms with Gasteiger partial charge in [0.15, 0.2) is 0 Å². The Hall–Kier alpha value is -1.57. The molecule has 1 aromatic carbocycles. The summed E-state index contributed by atoms with van der Waals surface area (Å²) in [5.41, 5.74) is 3.28. The van der Waals surface area contributed by atoms with Crippen LogP contribution in [0.4, 0.5) is 0 Å². The van der Waals surface area contributed by atoms with Gasteiger partial charge in [-0.2, -0.15) is 0 Å². The zero-order valence-electron chi connectivity index (χ0n) is 7.16. The zero-order chi connectivity index (χ0) is 9.26. The first-order valence-electron chi connectivity index (χ1n) is 4.26. The average Bonchev–Trinajstić information content (AvgIpc) is 2.51. The van der Waals surface area contributed by atoms with Crippen molar-refractivity contribution in [3.05, 3.63) is 41.0 Å². The highest BCUT2D eigenvalue weighted by Crippen LogP contribution is 2.23. The fourth-order valence-electron chi connectivity index (χ4n) is 1.69. The van der Waals surface area contributed by atoms with E-state index in [2.05, 4.69) is 6.08 Å². The molecule has 0 heterocycles. The van der Waals surface area contributed by atoms with Crippen LogP contribution in [0.15, 0.2) is 24.3 Å². The Kier molecular flexibility index (Phi) is 1.89. The van der Waals surface area contributed by atoms with Crippen LogP contribution < -0.4 is 0 Å². The number of carboxylic acids is 1. The van der Waals surface area contributed by atoms with E-state index in [-0.39, 0.29) is 6.42 Å². The number of carboxylic acid groups (broad SMARTS) is 1. The van der Waals surface area contributed by atoms with E-state index >= 15 is 0 Å². The van der Waals surface area contributed by atoms with Crippen LogP contribution in [-0.2, 0) is 17.6 Å². The van der Waals surface area contributed by atoms with Crippen LogP contribution in [0, 0.1) is 0 Å². The van der Waals surface area contributed by atoms with Gasteiger partial charge in [-0.1, -0.05) is 30.4 Å². The predicted molar refractivity (Wildman–Crippen MR) is 50.5 cm³/mol. The highest BCUT2D eigenvalue weighted by molar-refractivity contribution is 5.73. The Labute approximate surface area is 76.5 Å². The second kappa shape index (κ2) is 3.05. The molecule has 0 fully saturated rings. The molecule has 0 spiro atoms. The summed E-state index contributed by atoms with van der Waals surface area (Å²) < 4.78 is 0. The summed E-state index contributed by atoms with van der Waals surface area (Å²) in [7, 11) is 0. The molecule has 2 nitrogen and oxygen atoms in total. The number of benzene rings is 1. The highest BCUT2D eigenvalue weighted by Gasteiger charge is 2.11. The van der Waals surface area contributed by atoms with Crippen molar-refractivity contribution < 1.29 is 9.90 Å². The summed E-state index contributed by atoms with van der Waals surface area (Å²) in [6, 6.07) is 5.82. The van der Waals surface area contributed by atoms with E-state index in [4.69, 9.17) is 5.11 Å². The van der Waals surface area contributed by atoms with Crippen LogP contribution in [0.1, 0.15) is 16.7 Å². The molecule has 1 aliphatic rings. The third-order valence-corrected chi connectivity index (χ3v) is 2.27. The summed E-state index contributed by atoms with van der Waals surface area (Å²) in [6.45, 7) is 0. The Morgan fingerprint density at radius 3 is 3.08 bits per heavy atom. The van der Waals surface area contributed by atoms with Gasteiger partial charge < -0.3 is 5.11 Å². The van der Waals surface area contributed by atoms with Crippen LogP contribution in [0.5, 0.6) is 0 Å². The van der Waals surface area contributed by atoms with Crippen molar-refractivity contribution in [3.63, 3.8) is 0 Å². The van der Waals surface area contributed by atoms with Gasteiger partial charge in [0.2, 0.25) is 0 Å². The number of hydrogen-bond donors (Lipinski definition) is 1. The van der Waals surface area contributed by atoms with E-state index in [1.165, 1.54) is 11.1 Å². The van der Waals surface area contributed by atoms with Gasteiger partial charge in [0, 0.05) is 0 Å². The van der Waals surface area contributed by atoms with Gasteiger partial charge in [0.05, 0.1) is 6.42 Å². The topological polar surface area (TPSA) is 37.3 Å². The van der Waals surface area contributed by atoms with Crippen LogP contribution in [-0.4, -0.2) is 11.1 Å². The largest absolute Gasteiger partial charge is 0.481 e. The SMILES string of the molecule is O=C(O)Cc1cccc2c1CC=C2.